The molecule has 1 aromatic rings. The van der Waals surface area contributed by atoms with Crippen LogP contribution in [0.5, 0.6) is 5.75 Å². The Bertz CT molecular complexity index is 430. The van der Waals surface area contributed by atoms with Gasteiger partial charge in [0, 0.05) is 5.02 Å². The number of aliphatic hydroxyl groups is 1. The molecule has 2 N–H and O–H groups in total. The molecule has 1 aliphatic heterocycles. The van der Waals surface area contributed by atoms with Crippen molar-refractivity contribution in [3.05, 3.63) is 28.8 Å². The second kappa shape index (κ2) is 7.30. The summed E-state index contributed by atoms with van der Waals surface area (Å²) in [6.45, 7) is 7.72. The van der Waals surface area contributed by atoms with Crippen LogP contribution in [0.1, 0.15) is 25.3 Å². The lowest BCUT2D eigenvalue weighted by molar-refractivity contribution is -0.909. The molecule has 0 spiro atoms. The lowest BCUT2D eigenvalue weighted by Gasteiger charge is -2.28. The van der Waals surface area contributed by atoms with Crippen LogP contribution in [0.4, 0.5) is 0 Å². The molecule has 1 aliphatic rings. The Hall–Kier alpha value is -0.770. The van der Waals surface area contributed by atoms with Crippen LogP contribution < -0.4 is 9.64 Å². The predicted molar refractivity (Wildman–Crippen MR) is 81.7 cm³/mol. The number of piperidine rings is 1. The van der Waals surface area contributed by atoms with Crippen LogP contribution in [0.2, 0.25) is 5.02 Å². The van der Waals surface area contributed by atoms with Crippen LogP contribution in [-0.2, 0) is 0 Å². The van der Waals surface area contributed by atoms with Crippen molar-refractivity contribution in [1.82, 2.24) is 0 Å². The molecule has 1 atom stereocenters. The van der Waals surface area contributed by atoms with Crippen molar-refractivity contribution >= 4 is 11.6 Å². The summed E-state index contributed by atoms with van der Waals surface area (Å²) in [5.41, 5.74) is 1.00. The number of ether oxygens (including phenoxy) is 1. The third kappa shape index (κ3) is 4.65. The van der Waals surface area contributed by atoms with Gasteiger partial charge in [0.25, 0.3) is 0 Å². The molecule has 1 saturated heterocycles. The number of quaternary nitrogens is 1. The van der Waals surface area contributed by atoms with Gasteiger partial charge in [-0.2, -0.15) is 0 Å². The summed E-state index contributed by atoms with van der Waals surface area (Å²) < 4.78 is 5.69. The van der Waals surface area contributed by atoms with Crippen LogP contribution >= 0.6 is 11.6 Å². The number of rotatable bonds is 5. The number of aryl methyl sites for hydroxylation is 1. The zero-order chi connectivity index (χ0) is 14.5. The molecule has 0 amide bonds. The predicted octanol–water partition coefficient (Wildman–Crippen LogP) is 1.70. The van der Waals surface area contributed by atoms with Crippen molar-refractivity contribution in [2.75, 3.05) is 26.2 Å². The molecule has 0 aromatic heterocycles. The second-order valence-electron chi connectivity index (χ2n) is 6.01. The molecule has 2 rings (SSSR count). The first-order valence-corrected chi connectivity index (χ1v) is 7.83. The molecule has 1 aromatic carbocycles. The van der Waals surface area contributed by atoms with E-state index in [2.05, 4.69) is 6.92 Å². The number of likely N-dealkylation sites (tertiary alicyclic amines) is 1. The monoisotopic (exact) mass is 298 g/mol. The molecule has 0 unspecified atom stereocenters. The Kier molecular flexibility index (Phi) is 5.70. The SMILES string of the molecule is Cc1cc(Cl)ccc1OC[C@@H](O)C[NH+]1CCC(C)CC1. The summed E-state index contributed by atoms with van der Waals surface area (Å²) in [6, 6.07) is 5.55. The van der Waals surface area contributed by atoms with Crippen molar-refractivity contribution in [1.29, 1.82) is 0 Å². The van der Waals surface area contributed by atoms with Gasteiger partial charge in [0.1, 0.15) is 25.0 Å². The molecule has 3 nitrogen and oxygen atoms in total. The third-order valence-electron chi connectivity index (χ3n) is 4.07. The molecule has 0 bridgehead atoms. The first-order valence-electron chi connectivity index (χ1n) is 7.45. The number of hydrogen-bond acceptors (Lipinski definition) is 2. The third-order valence-corrected chi connectivity index (χ3v) is 4.31. The molecule has 1 heterocycles. The highest BCUT2D eigenvalue weighted by Crippen LogP contribution is 2.21. The van der Waals surface area contributed by atoms with Crippen LogP contribution in [0.3, 0.4) is 0 Å². The fourth-order valence-corrected chi connectivity index (χ4v) is 2.95. The van der Waals surface area contributed by atoms with Gasteiger partial charge in [-0.25, -0.2) is 0 Å². The van der Waals surface area contributed by atoms with E-state index in [0.29, 0.717) is 11.6 Å². The largest absolute Gasteiger partial charge is 0.490 e. The van der Waals surface area contributed by atoms with Crippen molar-refractivity contribution in [3.63, 3.8) is 0 Å². The summed E-state index contributed by atoms with van der Waals surface area (Å²) in [4.78, 5) is 1.49. The summed E-state index contributed by atoms with van der Waals surface area (Å²) in [6.07, 6.45) is 2.12. The molecule has 20 heavy (non-hydrogen) atoms. The van der Waals surface area contributed by atoms with Gasteiger partial charge in [-0.1, -0.05) is 18.5 Å². The van der Waals surface area contributed by atoms with E-state index in [9.17, 15) is 5.11 Å². The van der Waals surface area contributed by atoms with E-state index in [1.54, 1.807) is 0 Å². The number of halogens is 1. The first-order chi connectivity index (χ1) is 9.54. The Morgan fingerprint density at radius 2 is 2.10 bits per heavy atom. The maximum atomic E-state index is 10.1. The Balaban J connectivity index is 1.76. The highest BCUT2D eigenvalue weighted by Gasteiger charge is 2.21. The van der Waals surface area contributed by atoms with Crippen LogP contribution in [-0.4, -0.2) is 37.5 Å². The van der Waals surface area contributed by atoms with E-state index in [4.69, 9.17) is 16.3 Å². The standard InChI is InChI=1S/C16H24ClNO2/c1-12-5-7-18(8-6-12)10-15(19)11-20-16-4-3-14(17)9-13(16)2/h3-4,9,12,15,19H,5-8,10-11H2,1-2H3/p+1/t15-/m0/s1. The Morgan fingerprint density at radius 1 is 1.40 bits per heavy atom. The van der Waals surface area contributed by atoms with Crippen molar-refractivity contribution in [3.8, 4) is 5.75 Å². The number of aliphatic hydroxyl groups excluding tert-OH is 1. The summed E-state index contributed by atoms with van der Waals surface area (Å²) in [7, 11) is 0. The van der Waals surface area contributed by atoms with Gasteiger partial charge >= 0.3 is 0 Å². The van der Waals surface area contributed by atoms with Crippen LogP contribution in [0, 0.1) is 12.8 Å². The molecule has 112 valence electrons. The van der Waals surface area contributed by atoms with E-state index in [1.165, 1.54) is 17.7 Å². The van der Waals surface area contributed by atoms with E-state index in [0.717, 1.165) is 36.9 Å². The summed E-state index contributed by atoms with van der Waals surface area (Å²) in [5.74, 6) is 1.64. The van der Waals surface area contributed by atoms with E-state index < -0.39 is 6.10 Å². The highest BCUT2D eigenvalue weighted by molar-refractivity contribution is 6.30. The lowest BCUT2D eigenvalue weighted by Crippen LogP contribution is -3.14. The number of nitrogens with one attached hydrogen (secondary N) is 1. The topological polar surface area (TPSA) is 33.9 Å². The lowest BCUT2D eigenvalue weighted by atomic mass is 9.99. The zero-order valence-electron chi connectivity index (χ0n) is 12.4. The fraction of sp³-hybridized carbons (Fsp3) is 0.625. The smallest absolute Gasteiger partial charge is 0.137 e. The molecule has 0 aliphatic carbocycles. The van der Waals surface area contributed by atoms with Gasteiger partial charge in [-0.15, -0.1) is 0 Å². The molecule has 4 heteroatoms. The van der Waals surface area contributed by atoms with Gasteiger partial charge < -0.3 is 14.7 Å². The minimum absolute atomic E-state index is 0.349. The number of hydrogen-bond donors (Lipinski definition) is 2. The molecular formula is C16H25ClNO2+. The van der Waals surface area contributed by atoms with Gasteiger partial charge in [-0.05, 0) is 49.4 Å². The number of benzene rings is 1. The van der Waals surface area contributed by atoms with Crippen LogP contribution in [0.25, 0.3) is 0 Å². The van der Waals surface area contributed by atoms with E-state index in [-0.39, 0.29) is 0 Å². The molecular weight excluding hydrogens is 274 g/mol. The summed E-state index contributed by atoms with van der Waals surface area (Å²) >= 11 is 5.91. The van der Waals surface area contributed by atoms with Gasteiger partial charge in [-0.3, -0.25) is 0 Å². The first kappa shape index (κ1) is 15.6. The average Bonchev–Trinajstić information content (AvgIpc) is 2.40. The minimum Gasteiger partial charge on any atom is -0.490 e. The van der Waals surface area contributed by atoms with Crippen LogP contribution in [0.15, 0.2) is 18.2 Å². The van der Waals surface area contributed by atoms with Crippen molar-refractivity contribution in [2.45, 2.75) is 32.8 Å². The van der Waals surface area contributed by atoms with Gasteiger partial charge in [0.2, 0.25) is 0 Å². The van der Waals surface area contributed by atoms with Crippen molar-refractivity contribution < 1.29 is 14.7 Å². The molecule has 0 radical (unpaired) electrons. The fourth-order valence-electron chi connectivity index (χ4n) is 2.73. The van der Waals surface area contributed by atoms with Crippen molar-refractivity contribution in [2.24, 2.45) is 5.92 Å². The summed E-state index contributed by atoms with van der Waals surface area (Å²) in [5, 5.41) is 10.8. The molecule has 1 fully saturated rings. The quantitative estimate of drug-likeness (QED) is 0.868. The zero-order valence-corrected chi connectivity index (χ0v) is 13.1. The van der Waals surface area contributed by atoms with E-state index >= 15 is 0 Å². The second-order valence-corrected chi connectivity index (χ2v) is 6.45. The molecule has 0 saturated carbocycles. The highest BCUT2D eigenvalue weighted by atomic mass is 35.5. The average molecular weight is 299 g/mol. The maximum absolute atomic E-state index is 10.1. The Labute approximate surface area is 126 Å². The minimum atomic E-state index is -0.409. The van der Waals surface area contributed by atoms with Gasteiger partial charge in [0.15, 0.2) is 0 Å². The van der Waals surface area contributed by atoms with Gasteiger partial charge in [0.05, 0.1) is 13.1 Å². The maximum Gasteiger partial charge on any atom is 0.137 e. The normalized spacial score (nSPS) is 24.4. The Morgan fingerprint density at radius 3 is 2.75 bits per heavy atom. The van der Waals surface area contributed by atoms with E-state index in [1.807, 2.05) is 25.1 Å².